The molecule has 2 aromatic carbocycles. The van der Waals surface area contributed by atoms with Crippen molar-refractivity contribution in [2.24, 2.45) is 0 Å². The van der Waals surface area contributed by atoms with Gasteiger partial charge in [-0.25, -0.2) is 4.39 Å². The maximum Gasteiger partial charge on any atom is 0.162 e. The highest BCUT2D eigenvalue weighted by Gasteiger charge is 2.53. The molecule has 6 heteroatoms. The summed E-state index contributed by atoms with van der Waals surface area (Å²) in [4.78, 5) is 16.5. The standard InChI is InChI=1S/C24H26ClFN2OS/c25-20-9-8-18-19-15-27-12-11-24(19,28-13-2-14-30-23(20)22(18)28)10-1-3-21(29)16-4-6-17(26)7-5-16/h4-9,19,27H,1-3,10-15H2. The van der Waals surface area contributed by atoms with Crippen molar-refractivity contribution in [3.63, 3.8) is 0 Å². The fourth-order valence-electron chi connectivity index (χ4n) is 5.62. The van der Waals surface area contributed by atoms with Crippen molar-refractivity contribution < 1.29 is 9.18 Å². The summed E-state index contributed by atoms with van der Waals surface area (Å²) < 4.78 is 13.2. The van der Waals surface area contributed by atoms with Gasteiger partial charge in [-0.3, -0.25) is 4.79 Å². The molecular formula is C24H26ClFN2OS. The lowest BCUT2D eigenvalue weighted by atomic mass is 9.73. The topological polar surface area (TPSA) is 32.3 Å². The second kappa shape index (κ2) is 8.18. The molecule has 158 valence electrons. The van der Waals surface area contributed by atoms with Gasteiger partial charge < -0.3 is 10.2 Å². The number of nitrogens with zero attached hydrogens (tertiary/aromatic N) is 1. The monoisotopic (exact) mass is 444 g/mol. The number of benzene rings is 2. The van der Waals surface area contributed by atoms with Crippen molar-refractivity contribution in [2.45, 2.75) is 48.5 Å². The van der Waals surface area contributed by atoms with Crippen molar-refractivity contribution in [2.75, 3.05) is 30.3 Å². The number of piperidine rings is 1. The van der Waals surface area contributed by atoms with Crippen LogP contribution in [0.5, 0.6) is 0 Å². The molecule has 30 heavy (non-hydrogen) atoms. The highest BCUT2D eigenvalue weighted by molar-refractivity contribution is 7.99. The summed E-state index contributed by atoms with van der Waals surface area (Å²) in [7, 11) is 0. The number of Topliss-reactive ketones (excluding diaryl/α,β-unsaturated/α-hetero) is 1. The van der Waals surface area contributed by atoms with Gasteiger partial charge in [0.25, 0.3) is 0 Å². The number of thioether (sulfide) groups is 1. The third-order valence-electron chi connectivity index (χ3n) is 6.98. The van der Waals surface area contributed by atoms with E-state index in [-0.39, 0.29) is 17.1 Å². The van der Waals surface area contributed by atoms with Crippen molar-refractivity contribution in [3.8, 4) is 0 Å². The quantitative estimate of drug-likeness (QED) is 0.603. The molecule has 3 aliphatic rings. The third-order valence-corrected chi connectivity index (χ3v) is 8.60. The van der Waals surface area contributed by atoms with E-state index in [1.165, 1.54) is 28.3 Å². The molecule has 0 saturated carbocycles. The maximum absolute atomic E-state index is 13.2. The lowest BCUT2D eigenvalue weighted by Crippen LogP contribution is -2.56. The highest BCUT2D eigenvalue weighted by Crippen LogP contribution is 2.57. The largest absolute Gasteiger partial charge is 0.364 e. The van der Waals surface area contributed by atoms with Crippen LogP contribution < -0.4 is 10.2 Å². The molecule has 3 heterocycles. The number of carbonyl (C=O) groups is 1. The number of fused-ring (bicyclic) bond motifs is 3. The number of carbonyl (C=O) groups excluding carboxylic acids is 1. The minimum Gasteiger partial charge on any atom is -0.364 e. The molecule has 0 radical (unpaired) electrons. The van der Waals surface area contributed by atoms with E-state index in [0.29, 0.717) is 17.9 Å². The number of rotatable bonds is 5. The first-order valence-electron chi connectivity index (χ1n) is 10.8. The Balaban J connectivity index is 1.41. The molecule has 0 spiro atoms. The van der Waals surface area contributed by atoms with Crippen molar-refractivity contribution in [3.05, 3.63) is 58.4 Å². The Morgan fingerprint density at radius 1 is 1.27 bits per heavy atom. The van der Waals surface area contributed by atoms with Crippen molar-refractivity contribution in [1.82, 2.24) is 5.32 Å². The molecule has 0 bridgehead atoms. The molecule has 5 rings (SSSR count). The zero-order chi connectivity index (χ0) is 20.7. The van der Waals surface area contributed by atoms with Crippen molar-refractivity contribution >= 4 is 34.8 Å². The molecule has 1 fully saturated rings. The molecule has 0 aliphatic carbocycles. The average molecular weight is 445 g/mol. The normalized spacial score (nSPS) is 24.9. The summed E-state index contributed by atoms with van der Waals surface area (Å²) >= 11 is 8.50. The number of hydrogen-bond donors (Lipinski definition) is 1. The molecular weight excluding hydrogens is 419 g/mol. The molecule has 1 N–H and O–H groups in total. The fraction of sp³-hybridized carbons (Fsp3) is 0.458. The van der Waals surface area contributed by atoms with E-state index in [1.807, 2.05) is 11.8 Å². The lowest BCUT2D eigenvalue weighted by molar-refractivity contribution is 0.0974. The van der Waals surface area contributed by atoms with Crippen LogP contribution in [0.15, 0.2) is 41.3 Å². The van der Waals surface area contributed by atoms with E-state index in [0.717, 1.165) is 56.1 Å². The molecule has 3 aliphatic heterocycles. The Labute approximate surface area is 186 Å². The number of ketones is 1. The average Bonchev–Trinajstić information content (AvgIpc) is 2.88. The van der Waals surface area contributed by atoms with Crippen LogP contribution in [0.2, 0.25) is 5.02 Å². The van der Waals surface area contributed by atoms with Crippen LogP contribution in [-0.4, -0.2) is 36.7 Å². The Bertz CT molecular complexity index is 966. The SMILES string of the molecule is O=C(CCCC12CCNCC1c1ccc(Cl)c3c1N2CCCS3)c1ccc(F)cc1. The van der Waals surface area contributed by atoms with Crippen LogP contribution >= 0.6 is 23.4 Å². The molecule has 1 saturated heterocycles. The van der Waals surface area contributed by atoms with E-state index in [1.54, 1.807) is 12.1 Å². The zero-order valence-electron chi connectivity index (χ0n) is 16.9. The molecule has 2 atom stereocenters. The van der Waals surface area contributed by atoms with Gasteiger partial charge in [0.15, 0.2) is 5.78 Å². The van der Waals surface area contributed by atoms with Gasteiger partial charge in [0.1, 0.15) is 5.82 Å². The summed E-state index contributed by atoms with van der Waals surface area (Å²) in [6, 6.07) is 10.2. The molecule has 2 aromatic rings. The van der Waals surface area contributed by atoms with E-state index in [2.05, 4.69) is 22.3 Å². The summed E-state index contributed by atoms with van der Waals surface area (Å²) in [5, 5.41) is 4.46. The van der Waals surface area contributed by atoms with Gasteiger partial charge in [0.2, 0.25) is 0 Å². The molecule has 3 nitrogen and oxygen atoms in total. The Hall–Kier alpha value is -1.56. The van der Waals surface area contributed by atoms with Crippen molar-refractivity contribution in [1.29, 1.82) is 0 Å². The summed E-state index contributed by atoms with van der Waals surface area (Å²) in [6.45, 7) is 3.03. The van der Waals surface area contributed by atoms with Gasteiger partial charge in [-0.15, -0.1) is 11.8 Å². The van der Waals surface area contributed by atoms with E-state index in [9.17, 15) is 9.18 Å². The molecule has 2 unspecified atom stereocenters. The summed E-state index contributed by atoms with van der Waals surface area (Å²) in [5.74, 6) is 1.31. The van der Waals surface area contributed by atoms with Crippen LogP contribution in [0.3, 0.4) is 0 Å². The van der Waals surface area contributed by atoms with E-state index >= 15 is 0 Å². The first-order chi connectivity index (χ1) is 14.6. The van der Waals surface area contributed by atoms with Gasteiger partial charge >= 0.3 is 0 Å². The van der Waals surface area contributed by atoms with Crippen LogP contribution in [-0.2, 0) is 0 Å². The number of halogens is 2. The Kier molecular flexibility index (Phi) is 5.55. The Morgan fingerprint density at radius 2 is 2.10 bits per heavy atom. The van der Waals surface area contributed by atoms with Gasteiger partial charge in [-0.1, -0.05) is 17.7 Å². The third kappa shape index (κ3) is 3.35. The first-order valence-corrected chi connectivity index (χ1v) is 12.2. The lowest BCUT2D eigenvalue weighted by Gasteiger charge is -2.47. The van der Waals surface area contributed by atoms with Crippen LogP contribution in [0.1, 0.15) is 53.9 Å². The van der Waals surface area contributed by atoms with E-state index in [4.69, 9.17) is 11.6 Å². The predicted octanol–water partition coefficient (Wildman–Crippen LogP) is 5.66. The van der Waals surface area contributed by atoms with Crippen LogP contribution in [0, 0.1) is 5.82 Å². The second-order valence-corrected chi connectivity index (χ2v) is 10.1. The van der Waals surface area contributed by atoms with Crippen LogP contribution in [0.4, 0.5) is 10.1 Å². The zero-order valence-corrected chi connectivity index (χ0v) is 18.5. The number of hydrogen-bond acceptors (Lipinski definition) is 4. The summed E-state index contributed by atoms with van der Waals surface area (Å²) in [6.07, 6.45) is 4.56. The van der Waals surface area contributed by atoms with Gasteiger partial charge in [0, 0.05) is 41.4 Å². The highest BCUT2D eigenvalue weighted by atomic mass is 35.5. The minimum absolute atomic E-state index is 0.0565. The van der Waals surface area contributed by atoms with E-state index < -0.39 is 0 Å². The second-order valence-electron chi connectivity index (χ2n) is 8.56. The molecule has 0 aromatic heterocycles. The smallest absolute Gasteiger partial charge is 0.162 e. The number of anilines is 1. The van der Waals surface area contributed by atoms with Gasteiger partial charge in [-0.05, 0) is 73.9 Å². The number of nitrogens with one attached hydrogen (secondary N) is 1. The molecule has 0 amide bonds. The maximum atomic E-state index is 13.2. The van der Waals surface area contributed by atoms with Gasteiger partial charge in [-0.2, -0.15) is 0 Å². The Morgan fingerprint density at radius 3 is 2.93 bits per heavy atom. The minimum atomic E-state index is -0.305. The summed E-state index contributed by atoms with van der Waals surface area (Å²) in [5.41, 5.74) is 3.43. The predicted molar refractivity (Wildman–Crippen MR) is 122 cm³/mol. The van der Waals surface area contributed by atoms with Crippen LogP contribution in [0.25, 0.3) is 0 Å². The fourth-order valence-corrected chi connectivity index (χ4v) is 6.98. The first kappa shape index (κ1) is 20.3. The van der Waals surface area contributed by atoms with Gasteiger partial charge in [0.05, 0.1) is 10.7 Å².